The van der Waals surface area contributed by atoms with Crippen molar-refractivity contribution < 1.29 is 19.1 Å². The van der Waals surface area contributed by atoms with Gasteiger partial charge in [0.2, 0.25) is 0 Å². The highest BCUT2D eigenvalue weighted by Gasteiger charge is 2.21. The first-order chi connectivity index (χ1) is 11.8. The number of rotatable bonds is 6. The number of hydrogen-bond acceptors (Lipinski definition) is 4. The number of ketones is 1. The SMILES string of the molecule is CC(=O)c1c(C)[nH]c(C(=O)OCC(=O)N[C@H](C)c2ccccc2)c1C. The second-order valence-corrected chi connectivity index (χ2v) is 5.96. The third-order valence-electron chi connectivity index (χ3n) is 4.01. The fourth-order valence-corrected chi connectivity index (χ4v) is 2.79. The molecule has 25 heavy (non-hydrogen) atoms. The van der Waals surface area contributed by atoms with Gasteiger partial charge >= 0.3 is 5.97 Å². The first kappa shape index (κ1) is 18.4. The fourth-order valence-electron chi connectivity index (χ4n) is 2.79. The van der Waals surface area contributed by atoms with E-state index in [0.717, 1.165) is 5.56 Å². The number of H-pyrrole nitrogens is 1. The van der Waals surface area contributed by atoms with Gasteiger partial charge in [0.25, 0.3) is 5.91 Å². The molecule has 6 nitrogen and oxygen atoms in total. The molecule has 0 fully saturated rings. The minimum atomic E-state index is -0.657. The van der Waals surface area contributed by atoms with Crippen LogP contribution in [0.5, 0.6) is 0 Å². The molecular weight excluding hydrogens is 320 g/mol. The molecule has 6 heteroatoms. The maximum atomic E-state index is 12.2. The van der Waals surface area contributed by atoms with Gasteiger partial charge in [0.15, 0.2) is 12.4 Å². The van der Waals surface area contributed by atoms with Crippen molar-refractivity contribution in [2.24, 2.45) is 0 Å². The lowest BCUT2D eigenvalue weighted by Crippen LogP contribution is -2.31. The zero-order valence-electron chi connectivity index (χ0n) is 14.8. The Morgan fingerprint density at radius 2 is 1.80 bits per heavy atom. The summed E-state index contributed by atoms with van der Waals surface area (Å²) in [6.45, 7) is 6.30. The average molecular weight is 342 g/mol. The number of amides is 1. The van der Waals surface area contributed by atoms with E-state index in [1.54, 1.807) is 13.8 Å². The number of carbonyl (C=O) groups excluding carboxylic acids is 3. The van der Waals surface area contributed by atoms with Crippen LogP contribution in [0, 0.1) is 13.8 Å². The highest BCUT2D eigenvalue weighted by Crippen LogP contribution is 2.19. The Bertz CT molecular complexity index is 793. The number of Topliss-reactive ketones (excluding diaryl/α,β-unsaturated/α-hetero) is 1. The van der Waals surface area contributed by atoms with Gasteiger partial charge in [-0.25, -0.2) is 4.79 Å². The molecular formula is C19H22N2O4. The third kappa shape index (κ3) is 4.35. The number of ether oxygens (including phenoxy) is 1. The summed E-state index contributed by atoms with van der Waals surface area (Å²) in [6.07, 6.45) is 0. The maximum Gasteiger partial charge on any atom is 0.355 e. The lowest BCUT2D eigenvalue weighted by atomic mass is 10.1. The molecule has 1 atom stereocenters. The van der Waals surface area contributed by atoms with Crippen molar-refractivity contribution in [3.05, 3.63) is 58.4 Å². The van der Waals surface area contributed by atoms with Gasteiger partial charge in [-0.1, -0.05) is 30.3 Å². The highest BCUT2D eigenvalue weighted by atomic mass is 16.5. The van der Waals surface area contributed by atoms with Gasteiger partial charge in [0.05, 0.1) is 6.04 Å². The van der Waals surface area contributed by atoms with Gasteiger partial charge in [-0.3, -0.25) is 9.59 Å². The maximum absolute atomic E-state index is 12.2. The Labute approximate surface area is 146 Å². The lowest BCUT2D eigenvalue weighted by Gasteiger charge is -2.14. The summed E-state index contributed by atoms with van der Waals surface area (Å²) < 4.78 is 5.06. The number of aryl methyl sites for hydroxylation is 1. The van der Waals surface area contributed by atoms with Gasteiger partial charge in [0, 0.05) is 11.3 Å². The smallest absolute Gasteiger partial charge is 0.355 e. The Balaban J connectivity index is 1.95. The van der Waals surface area contributed by atoms with E-state index in [2.05, 4.69) is 10.3 Å². The lowest BCUT2D eigenvalue weighted by molar-refractivity contribution is -0.124. The van der Waals surface area contributed by atoms with Crippen LogP contribution in [-0.4, -0.2) is 29.3 Å². The summed E-state index contributed by atoms with van der Waals surface area (Å²) in [4.78, 5) is 38.6. The minimum absolute atomic E-state index is 0.125. The van der Waals surface area contributed by atoms with E-state index in [1.807, 2.05) is 37.3 Å². The topological polar surface area (TPSA) is 88.3 Å². The molecule has 0 aliphatic heterocycles. The molecule has 2 aromatic rings. The van der Waals surface area contributed by atoms with E-state index in [1.165, 1.54) is 6.92 Å². The van der Waals surface area contributed by atoms with Crippen LogP contribution >= 0.6 is 0 Å². The molecule has 0 saturated heterocycles. The van der Waals surface area contributed by atoms with Crippen molar-refractivity contribution in [2.75, 3.05) is 6.61 Å². The molecule has 132 valence electrons. The Hall–Kier alpha value is -2.89. The monoisotopic (exact) mass is 342 g/mol. The quantitative estimate of drug-likeness (QED) is 0.624. The van der Waals surface area contributed by atoms with E-state index in [0.29, 0.717) is 16.8 Å². The molecule has 1 heterocycles. The Morgan fingerprint density at radius 3 is 2.36 bits per heavy atom. The molecule has 0 aliphatic carbocycles. The number of carbonyl (C=O) groups is 3. The summed E-state index contributed by atoms with van der Waals surface area (Å²) >= 11 is 0. The molecule has 0 bridgehead atoms. The number of benzene rings is 1. The summed E-state index contributed by atoms with van der Waals surface area (Å²) in [5.74, 6) is -1.17. The molecule has 0 aliphatic rings. The zero-order chi connectivity index (χ0) is 18.6. The van der Waals surface area contributed by atoms with Gasteiger partial charge in [-0.2, -0.15) is 0 Å². The normalized spacial score (nSPS) is 11.7. The first-order valence-electron chi connectivity index (χ1n) is 8.02. The van der Waals surface area contributed by atoms with Crippen molar-refractivity contribution in [2.45, 2.75) is 33.7 Å². The molecule has 2 rings (SSSR count). The van der Waals surface area contributed by atoms with E-state index in [-0.39, 0.29) is 24.1 Å². The zero-order valence-corrected chi connectivity index (χ0v) is 14.8. The number of nitrogens with one attached hydrogen (secondary N) is 2. The Morgan fingerprint density at radius 1 is 1.16 bits per heavy atom. The van der Waals surface area contributed by atoms with E-state index in [4.69, 9.17) is 4.74 Å². The minimum Gasteiger partial charge on any atom is -0.451 e. The number of aromatic amines is 1. The highest BCUT2D eigenvalue weighted by molar-refractivity contribution is 6.01. The van der Waals surface area contributed by atoms with E-state index in [9.17, 15) is 14.4 Å². The van der Waals surface area contributed by atoms with Crippen LogP contribution in [0.1, 0.15) is 57.6 Å². The van der Waals surface area contributed by atoms with Crippen molar-refractivity contribution >= 4 is 17.7 Å². The summed E-state index contributed by atoms with van der Waals surface area (Å²) in [5.41, 5.74) is 2.79. The van der Waals surface area contributed by atoms with Crippen molar-refractivity contribution in [3.63, 3.8) is 0 Å². The van der Waals surface area contributed by atoms with Crippen molar-refractivity contribution in [1.82, 2.24) is 10.3 Å². The van der Waals surface area contributed by atoms with Crippen LogP contribution in [0.15, 0.2) is 30.3 Å². The molecule has 0 unspecified atom stereocenters. The van der Waals surface area contributed by atoms with Crippen LogP contribution in [0.4, 0.5) is 0 Å². The molecule has 1 amide bonds. The standard InChI is InChI=1S/C19H22N2O4/c1-11-17(14(4)22)13(3)21-18(11)19(24)25-10-16(23)20-12(2)15-8-6-5-7-9-15/h5-9,12,21H,10H2,1-4H3,(H,20,23)/t12-/m1/s1. The van der Waals surface area contributed by atoms with Gasteiger partial charge < -0.3 is 15.0 Å². The molecule has 0 saturated carbocycles. The molecule has 1 aromatic heterocycles. The third-order valence-corrected chi connectivity index (χ3v) is 4.01. The summed E-state index contributed by atoms with van der Waals surface area (Å²) in [5, 5.41) is 2.77. The summed E-state index contributed by atoms with van der Waals surface area (Å²) in [6, 6.07) is 9.31. The Kier molecular flexibility index (Phi) is 5.75. The number of esters is 1. The van der Waals surface area contributed by atoms with Crippen LogP contribution in [0.2, 0.25) is 0 Å². The molecule has 1 aromatic carbocycles. The van der Waals surface area contributed by atoms with Crippen LogP contribution in [0.3, 0.4) is 0 Å². The fraction of sp³-hybridized carbons (Fsp3) is 0.316. The predicted octanol–water partition coefficient (Wildman–Crippen LogP) is 2.87. The average Bonchev–Trinajstić information content (AvgIpc) is 2.88. The van der Waals surface area contributed by atoms with Gasteiger partial charge in [-0.05, 0) is 38.8 Å². The molecule has 0 spiro atoms. The van der Waals surface area contributed by atoms with E-state index >= 15 is 0 Å². The van der Waals surface area contributed by atoms with Crippen LogP contribution in [-0.2, 0) is 9.53 Å². The van der Waals surface area contributed by atoms with Crippen molar-refractivity contribution in [1.29, 1.82) is 0 Å². The van der Waals surface area contributed by atoms with Gasteiger partial charge in [0.1, 0.15) is 5.69 Å². The van der Waals surface area contributed by atoms with Gasteiger partial charge in [-0.15, -0.1) is 0 Å². The second kappa shape index (κ2) is 7.79. The second-order valence-electron chi connectivity index (χ2n) is 5.96. The van der Waals surface area contributed by atoms with Crippen LogP contribution < -0.4 is 5.32 Å². The van der Waals surface area contributed by atoms with Crippen molar-refractivity contribution in [3.8, 4) is 0 Å². The molecule has 0 radical (unpaired) electrons. The largest absolute Gasteiger partial charge is 0.451 e. The number of hydrogen-bond donors (Lipinski definition) is 2. The number of aromatic nitrogens is 1. The van der Waals surface area contributed by atoms with Crippen LogP contribution in [0.25, 0.3) is 0 Å². The van der Waals surface area contributed by atoms with E-state index < -0.39 is 11.9 Å². The molecule has 2 N–H and O–H groups in total. The summed E-state index contributed by atoms with van der Waals surface area (Å²) in [7, 11) is 0. The predicted molar refractivity (Wildman–Crippen MR) is 93.6 cm³/mol. The first-order valence-corrected chi connectivity index (χ1v) is 8.02.